The minimum atomic E-state index is 0.0458. The number of hydrogen-bond acceptors (Lipinski definition) is 4. The zero-order valence-corrected chi connectivity index (χ0v) is 11.2. The summed E-state index contributed by atoms with van der Waals surface area (Å²) in [4.78, 5) is 14.1. The summed E-state index contributed by atoms with van der Waals surface area (Å²) in [6.45, 7) is 6.46. The maximum atomic E-state index is 11.7. The summed E-state index contributed by atoms with van der Waals surface area (Å²) in [6, 6.07) is 0.0458. The van der Waals surface area contributed by atoms with E-state index in [2.05, 4.69) is 17.1 Å². The summed E-state index contributed by atoms with van der Waals surface area (Å²) in [5.41, 5.74) is 5.93. The summed E-state index contributed by atoms with van der Waals surface area (Å²) in [5.74, 6) is 0.642. The molecule has 0 aromatic carbocycles. The lowest BCUT2D eigenvalue weighted by Crippen LogP contribution is -2.47. The number of rotatable bonds is 6. The molecule has 2 rings (SSSR count). The zero-order chi connectivity index (χ0) is 13.0. The fourth-order valence-electron chi connectivity index (χ4n) is 2.40. The first-order valence-electron chi connectivity index (χ1n) is 7.05. The van der Waals surface area contributed by atoms with Crippen LogP contribution >= 0.6 is 0 Å². The molecular formula is C13H25N3O2. The van der Waals surface area contributed by atoms with Gasteiger partial charge >= 0.3 is 0 Å². The van der Waals surface area contributed by atoms with Crippen LogP contribution in [0.15, 0.2) is 0 Å². The van der Waals surface area contributed by atoms with Crippen molar-refractivity contribution in [1.29, 1.82) is 0 Å². The van der Waals surface area contributed by atoms with E-state index in [4.69, 9.17) is 10.5 Å². The van der Waals surface area contributed by atoms with Crippen LogP contribution in [0.3, 0.4) is 0 Å². The molecule has 104 valence electrons. The number of hydrogen-bond donors (Lipinski definition) is 2. The number of amides is 1. The first kappa shape index (κ1) is 13.8. The first-order chi connectivity index (χ1) is 8.69. The fourth-order valence-corrected chi connectivity index (χ4v) is 2.40. The summed E-state index contributed by atoms with van der Waals surface area (Å²) in [5, 5.41) is 2.94. The monoisotopic (exact) mass is 255 g/mol. The van der Waals surface area contributed by atoms with Crippen molar-refractivity contribution in [3.8, 4) is 0 Å². The first-order valence-corrected chi connectivity index (χ1v) is 7.05. The Kier molecular flexibility index (Phi) is 4.97. The molecular weight excluding hydrogens is 230 g/mol. The molecule has 0 radical (unpaired) electrons. The van der Waals surface area contributed by atoms with Gasteiger partial charge in [-0.25, -0.2) is 0 Å². The van der Waals surface area contributed by atoms with Gasteiger partial charge in [0.15, 0.2) is 0 Å². The molecule has 1 heterocycles. The SMILES string of the molecule is CCN1CCOC(CNC(=O)CC(N)C2CC2)C1. The van der Waals surface area contributed by atoms with E-state index in [1.165, 1.54) is 12.8 Å². The number of nitrogens with zero attached hydrogens (tertiary/aromatic N) is 1. The van der Waals surface area contributed by atoms with E-state index < -0.39 is 0 Å². The second-order valence-corrected chi connectivity index (χ2v) is 5.40. The normalized spacial score (nSPS) is 26.9. The van der Waals surface area contributed by atoms with Gasteiger partial charge in [0.25, 0.3) is 0 Å². The van der Waals surface area contributed by atoms with Crippen molar-refractivity contribution in [3.05, 3.63) is 0 Å². The predicted octanol–water partition coefficient (Wildman–Crippen LogP) is -0.0493. The molecule has 2 fully saturated rings. The van der Waals surface area contributed by atoms with E-state index >= 15 is 0 Å². The number of likely N-dealkylation sites (N-methyl/N-ethyl adjacent to an activating group) is 1. The highest BCUT2D eigenvalue weighted by molar-refractivity contribution is 5.76. The highest BCUT2D eigenvalue weighted by Gasteiger charge is 2.30. The van der Waals surface area contributed by atoms with Gasteiger partial charge in [0.05, 0.1) is 12.7 Å². The van der Waals surface area contributed by atoms with Gasteiger partial charge in [0, 0.05) is 32.1 Å². The Bertz CT molecular complexity index is 281. The molecule has 0 aromatic rings. The highest BCUT2D eigenvalue weighted by Crippen LogP contribution is 2.32. The molecule has 3 N–H and O–H groups in total. The van der Waals surface area contributed by atoms with Crippen LogP contribution in [0.4, 0.5) is 0 Å². The molecule has 0 bridgehead atoms. The topological polar surface area (TPSA) is 67.6 Å². The van der Waals surface area contributed by atoms with Crippen LogP contribution in [-0.2, 0) is 9.53 Å². The van der Waals surface area contributed by atoms with Crippen LogP contribution in [-0.4, -0.2) is 55.7 Å². The molecule has 1 saturated carbocycles. The van der Waals surface area contributed by atoms with E-state index in [1.807, 2.05) is 0 Å². The maximum Gasteiger partial charge on any atom is 0.221 e. The molecule has 1 aliphatic heterocycles. The minimum absolute atomic E-state index is 0.0458. The second-order valence-electron chi connectivity index (χ2n) is 5.40. The van der Waals surface area contributed by atoms with Crippen molar-refractivity contribution < 1.29 is 9.53 Å². The average Bonchev–Trinajstić information content (AvgIpc) is 3.21. The van der Waals surface area contributed by atoms with Crippen LogP contribution in [0.2, 0.25) is 0 Å². The van der Waals surface area contributed by atoms with Crippen LogP contribution in [0.5, 0.6) is 0 Å². The second kappa shape index (κ2) is 6.50. The van der Waals surface area contributed by atoms with E-state index in [0.29, 0.717) is 18.9 Å². The number of nitrogens with two attached hydrogens (primary N) is 1. The lowest BCUT2D eigenvalue weighted by atomic mass is 10.1. The number of nitrogens with one attached hydrogen (secondary N) is 1. The number of ether oxygens (including phenoxy) is 1. The van der Waals surface area contributed by atoms with E-state index in [9.17, 15) is 4.79 Å². The van der Waals surface area contributed by atoms with Gasteiger partial charge in [-0.2, -0.15) is 0 Å². The third kappa shape index (κ3) is 4.23. The van der Waals surface area contributed by atoms with Gasteiger partial charge < -0.3 is 15.8 Å². The Hall–Kier alpha value is -0.650. The number of morpholine rings is 1. The van der Waals surface area contributed by atoms with E-state index in [1.54, 1.807) is 0 Å². The highest BCUT2D eigenvalue weighted by atomic mass is 16.5. The third-order valence-electron chi connectivity index (χ3n) is 3.85. The Labute approximate surface area is 109 Å². The molecule has 18 heavy (non-hydrogen) atoms. The summed E-state index contributed by atoms with van der Waals surface area (Å²) in [7, 11) is 0. The molecule has 5 nitrogen and oxygen atoms in total. The van der Waals surface area contributed by atoms with E-state index in [0.717, 1.165) is 26.2 Å². The Morgan fingerprint density at radius 2 is 2.33 bits per heavy atom. The zero-order valence-electron chi connectivity index (χ0n) is 11.2. The Balaban J connectivity index is 1.62. The molecule has 5 heteroatoms. The van der Waals surface area contributed by atoms with Gasteiger partial charge in [0.2, 0.25) is 5.91 Å². The molecule has 0 spiro atoms. The van der Waals surface area contributed by atoms with Crippen molar-refractivity contribution in [3.63, 3.8) is 0 Å². The van der Waals surface area contributed by atoms with Gasteiger partial charge in [-0.3, -0.25) is 9.69 Å². The predicted molar refractivity (Wildman–Crippen MR) is 70.2 cm³/mol. The molecule has 2 atom stereocenters. The molecule has 0 aromatic heterocycles. The third-order valence-corrected chi connectivity index (χ3v) is 3.85. The molecule has 2 aliphatic rings. The smallest absolute Gasteiger partial charge is 0.221 e. The molecule has 1 saturated heterocycles. The maximum absolute atomic E-state index is 11.7. The van der Waals surface area contributed by atoms with Gasteiger partial charge in [-0.05, 0) is 25.3 Å². The van der Waals surface area contributed by atoms with Gasteiger partial charge in [-0.15, -0.1) is 0 Å². The van der Waals surface area contributed by atoms with Crippen molar-refractivity contribution in [1.82, 2.24) is 10.2 Å². The number of carbonyl (C=O) groups excluding carboxylic acids is 1. The van der Waals surface area contributed by atoms with Crippen LogP contribution in [0.1, 0.15) is 26.2 Å². The van der Waals surface area contributed by atoms with Crippen molar-refractivity contribution in [2.24, 2.45) is 11.7 Å². The Morgan fingerprint density at radius 1 is 1.56 bits per heavy atom. The quantitative estimate of drug-likeness (QED) is 0.698. The molecule has 1 amide bonds. The van der Waals surface area contributed by atoms with Crippen molar-refractivity contribution >= 4 is 5.91 Å². The van der Waals surface area contributed by atoms with Crippen molar-refractivity contribution in [2.45, 2.75) is 38.3 Å². The minimum Gasteiger partial charge on any atom is -0.374 e. The van der Waals surface area contributed by atoms with Crippen LogP contribution in [0.25, 0.3) is 0 Å². The average molecular weight is 255 g/mol. The van der Waals surface area contributed by atoms with Gasteiger partial charge in [0.1, 0.15) is 0 Å². The summed E-state index contributed by atoms with van der Waals surface area (Å²) < 4.78 is 5.64. The van der Waals surface area contributed by atoms with E-state index in [-0.39, 0.29) is 18.1 Å². The number of carbonyl (C=O) groups is 1. The lowest BCUT2D eigenvalue weighted by Gasteiger charge is -2.32. The summed E-state index contributed by atoms with van der Waals surface area (Å²) >= 11 is 0. The molecule has 1 aliphatic carbocycles. The van der Waals surface area contributed by atoms with Crippen LogP contribution < -0.4 is 11.1 Å². The standard InChI is InChI=1S/C13H25N3O2/c1-2-16-5-6-18-11(9-16)8-15-13(17)7-12(14)10-3-4-10/h10-12H,2-9,14H2,1H3,(H,15,17). The molecule has 2 unspecified atom stereocenters. The Morgan fingerprint density at radius 3 is 3.00 bits per heavy atom. The lowest BCUT2D eigenvalue weighted by molar-refractivity contribution is -0.122. The van der Waals surface area contributed by atoms with Crippen LogP contribution in [0, 0.1) is 5.92 Å². The fraction of sp³-hybridized carbons (Fsp3) is 0.923. The van der Waals surface area contributed by atoms with Crippen molar-refractivity contribution in [2.75, 3.05) is 32.8 Å². The summed E-state index contributed by atoms with van der Waals surface area (Å²) in [6.07, 6.45) is 2.95. The van der Waals surface area contributed by atoms with Gasteiger partial charge in [-0.1, -0.05) is 6.92 Å². The largest absolute Gasteiger partial charge is 0.374 e.